The molecule has 1 saturated heterocycles. The highest BCUT2D eigenvalue weighted by atomic mass is 15.2. The first-order valence-corrected chi connectivity index (χ1v) is 7.05. The quantitative estimate of drug-likeness (QED) is 0.894. The summed E-state index contributed by atoms with van der Waals surface area (Å²) in [4.78, 5) is 6.94. The van der Waals surface area contributed by atoms with Crippen LogP contribution in [-0.4, -0.2) is 30.2 Å². The second-order valence-corrected chi connectivity index (χ2v) is 5.61. The average Bonchev–Trinajstić information content (AvgIpc) is 2.47. The third-order valence-electron chi connectivity index (χ3n) is 4.22. The van der Waals surface area contributed by atoms with Crippen molar-refractivity contribution >= 4 is 16.6 Å². The highest BCUT2D eigenvalue weighted by Crippen LogP contribution is 2.28. The molecule has 1 unspecified atom stereocenters. The van der Waals surface area contributed by atoms with Crippen LogP contribution in [0.1, 0.15) is 20.3 Å². The van der Waals surface area contributed by atoms with Crippen molar-refractivity contribution in [2.45, 2.75) is 25.8 Å². The monoisotopic (exact) mass is 255 g/mol. The predicted octanol–water partition coefficient (Wildman–Crippen LogP) is 2.81. The van der Waals surface area contributed by atoms with Gasteiger partial charge < -0.3 is 10.2 Å². The van der Waals surface area contributed by atoms with E-state index in [0.717, 1.165) is 31.6 Å². The minimum atomic E-state index is 0.211. The summed E-state index contributed by atoms with van der Waals surface area (Å²) in [6.45, 7) is 7.71. The van der Waals surface area contributed by atoms with Gasteiger partial charge in [0, 0.05) is 42.4 Å². The van der Waals surface area contributed by atoms with Crippen molar-refractivity contribution < 1.29 is 0 Å². The van der Waals surface area contributed by atoms with Crippen LogP contribution in [0.2, 0.25) is 0 Å². The van der Waals surface area contributed by atoms with Crippen LogP contribution in [0.3, 0.4) is 0 Å². The first-order valence-electron chi connectivity index (χ1n) is 7.05. The summed E-state index contributed by atoms with van der Waals surface area (Å²) in [5.41, 5.74) is 2.60. The predicted molar refractivity (Wildman–Crippen MR) is 80.7 cm³/mol. The molecular weight excluding hydrogens is 234 g/mol. The molecule has 0 saturated carbocycles. The molecule has 2 aromatic rings. The minimum absolute atomic E-state index is 0.211. The van der Waals surface area contributed by atoms with Crippen molar-refractivity contribution in [2.75, 3.05) is 24.5 Å². The van der Waals surface area contributed by atoms with Crippen LogP contribution in [0.15, 0.2) is 36.5 Å². The van der Waals surface area contributed by atoms with Crippen molar-refractivity contribution in [1.29, 1.82) is 0 Å². The number of hydrogen-bond acceptors (Lipinski definition) is 3. The van der Waals surface area contributed by atoms with E-state index in [1.165, 1.54) is 11.1 Å². The van der Waals surface area contributed by atoms with Gasteiger partial charge in [0.25, 0.3) is 0 Å². The van der Waals surface area contributed by atoms with Gasteiger partial charge in [-0.15, -0.1) is 0 Å². The molecule has 1 N–H and O–H groups in total. The lowest BCUT2D eigenvalue weighted by Crippen LogP contribution is -2.58. The Hall–Kier alpha value is -1.61. The van der Waals surface area contributed by atoms with Crippen molar-refractivity contribution in [1.82, 2.24) is 10.3 Å². The molecular formula is C16H21N3. The molecule has 1 aliphatic heterocycles. The van der Waals surface area contributed by atoms with Crippen LogP contribution >= 0.6 is 0 Å². The Labute approximate surface area is 114 Å². The van der Waals surface area contributed by atoms with E-state index >= 15 is 0 Å². The molecule has 100 valence electrons. The SMILES string of the molecule is CCC1(C)CN(c2cccc3ncccc23)CCN1. The molecule has 3 rings (SSSR count). The van der Waals surface area contributed by atoms with Gasteiger partial charge in [0.15, 0.2) is 0 Å². The van der Waals surface area contributed by atoms with Gasteiger partial charge in [-0.2, -0.15) is 0 Å². The van der Waals surface area contributed by atoms with Crippen LogP contribution in [-0.2, 0) is 0 Å². The number of rotatable bonds is 2. The lowest BCUT2D eigenvalue weighted by molar-refractivity contribution is 0.314. The van der Waals surface area contributed by atoms with Gasteiger partial charge in [-0.3, -0.25) is 4.98 Å². The van der Waals surface area contributed by atoms with Crippen molar-refractivity contribution in [3.8, 4) is 0 Å². The Morgan fingerprint density at radius 3 is 3.05 bits per heavy atom. The molecule has 1 atom stereocenters. The number of benzene rings is 1. The maximum absolute atomic E-state index is 4.45. The van der Waals surface area contributed by atoms with E-state index in [1.54, 1.807) is 0 Å². The van der Waals surface area contributed by atoms with Crippen molar-refractivity contribution in [2.24, 2.45) is 0 Å². The number of aromatic nitrogens is 1. The molecule has 0 radical (unpaired) electrons. The number of hydrogen-bond donors (Lipinski definition) is 1. The van der Waals surface area contributed by atoms with E-state index < -0.39 is 0 Å². The van der Waals surface area contributed by atoms with Crippen LogP contribution in [0.4, 0.5) is 5.69 Å². The van der Waals surface area contributed by atoms with E-state index in [0.29, 0.717) is 0 Å². The summed E-state index contributed by atoms with van der Waals surface area (Å²) in [6, 6.07) is 10.6. The molecule has 0 spiro atoms. The lowest BCUT2D eigenvalue weighted by atomic mass is 9.95. The first-order chi connectivity index (χ1) is 9.22. The second-order valence-electron chi connectivity index (χ2n) is 5.61. The summed E-state index contributed by atoms with van der Waals surface area (Å²) in [7, 11) is 0. The minimum Gasteiger partial charge on any atom is -0.368 e. The molecule has 0 bridgehead atoms. The molecule has 2 heterocycles. The van der Waals surface area contributed by atoms with Gasteiger partial charge in [0.2, 0.25) is 0 Å². The Bertz CT molecular complexity index is 576. The molecule has 3 nitrogen and oxygen atoms in total. The second kappa shape index (κ2) is 4.82. The van der Waals surface area contributed by atoms with Crippen LogP contribution in [0, 0.1) is 0 Å². The number of fused-ring (bicyclic) bond motifs is 1. The molecule has 1 aromatic heterocycles. The highest BCUT2D eigenvalue weighted by molar-refractivity contribution is 5.91. The highest BCUT2D eigenvalue weighted by Gasteiger charge is 2.29. The molecule has 1 fully saturated rings. The first kappa shape index (κ1) is 12.4. The topological polar surface area (TPSA) is 28.2 Å². The van der Waals surface area contributed by atoms with E-state index in [2.05, 4.69) is 53.3 Å². The third kappa shape index (κ3) is 2.30. The molecule has 1 aromatic carbocycles. The number of pyridine rings is 1. The maximum atomic E-state index is 4.45. The molecule has 19 heavy (non-hydrogen) atoms. The zero-order valence-electron chi connectivity index (χ0n) is 11.7. The van der Waals surface area contributed by atoms with Gasteiger partial charge >= 0.3 is 0 Å². The number of piperazine rings is 1. The zero-order valence-corrected chi connectivity index (χ0v) is 11.7. The summed E-state index contributed by atoms with van der Waals surface area (Å²) in [5.74, 6) is 0. The Morgan fingerprint density at radius 1 is 1.32 bits per heavy atom. The Kier molecular flexibility index (Phi) is 3.15. The van der Waals surface area contributed by atoms with Crippen molar-refractivity contribution in [3.63, 3.8) is 0 Å². The average molecular weight is 255 g/mol. The summed E-state index contributed by atoms with van der Waals surface area (Å²) >= 11 is 0. The van der Waals surface area contributed by atoms with Crippen LogP contribution < -0.4 is 10.2 Å². The number of nitrogens with one attached hydrogen (secondary N) is 1. The maximum Gasteiger partial charge on any atom is 0.0722 e. The van der Waals surface area contributed by atoms with Gasteiger partial charge in [-0.1, -0.05) is 13.0 Å². The number of nitrogens with zero attached hydrogens (tertiary/aromatic N) is 2. The summed E-state index contributed by atoms with van der Waals surface area (Å²) in [6.07, 6.45) is 3.01. The van der Waals surface area contributed by atoms with E-state index in [1.807, 2.05) is 12.3 Å². The van der Waals surface area contributed by atoms with Gasteiger partial charge in [-0.05, 0) is 37.6 Å². The largest absolute Gasteiger partial charge is 0.368 e. The fraction of sp³-hybridized carbons (Fsp3) is 0.438. The third-order valence-corrected chi connectivity index (χ3v) is 4.22. The zero-order chi connectivity index (χ0) is 13.3. The molecule has 0 aliphatic carbocycles. The normalized spacial score (nSPS) is 23.8. The molecule has 1 aliphatic rings. The standard InChI is InChI=1S/C16H21N3/c1-3-16(2)12-19(11-10-18-16)15-8-4-7-14-13(15)6-5-9-17-14/h4-9,18H,3,10-12H2,1-2H3. The smallest absolute Gasteiger partial charge is 0.0722 e. The van der Waals surface area contributed by atoms with Crippen LogP contribution in [0.5, 0.6) is 0 Å². The van der Waals surface area contributed by atoms with E-state index in [9.17, 15) is 0 Å². The van der Waals surface area contributed by atoms with E-state index in [-0.39, 0.29) is 5.54 Å². The van der Waals surface area contributed by atoms with Gasteiger partial charge in [0.05, 0.1) is 5.52 Å². The molecule has 0 amide bonds. The summed E-state index contributed by atoms with van der Waals surface area (Å²) in [5, 5.41) is 4.89. The Morgan fingerprint density at radius 2 is 2.21 bits per heavy atom. The fourth-order valence-corrected chi connectivity index (χ4v) is 2.85. The lowest BCUT2D eigenvalue weighted by Gasteiger charge is -2.42. The summed E-state index contributed by atoms with van der Waals surface area (Å²) < 4.78 is 0. The van der Waals surface area contributed by atoms with Gasteiger partial charge in [-0.25, -0.2) is 0 Å². The molecule has 3 heteroatoms. The Balaban J connectivity index is 2.00. The van der Waals surface area contributed by atoms with Gasteiger partial charge in [0.1, 0.15) is 0 Å². The van der Waals surface area contributed by atoms with E-state index in [4.69, 9.17) is 0 Å². The van der Waals surface area contributed by atoms with Crippen molar-refractivity contribution in [3.05, 3.63) is 36.5 Å². The van der Waals surface area contributed by atoms with Crippen LogP contribution in [0.25, 0.3) is 10.9 Å². The fourth-order valence-electron chi connectivity index (χ4n) is 2.85. The number of anilines is 1.